The number of hydrogen-bond donors (Lipinski definition) is 1. The maximum absolute atomic E-state index is 11.7. The van der Waals surface area contributed by atoms with Crippen LogP contribution in [0.4, 0.5) is 5.82 Å². The Labute approximate surface area is 164 Å². The number of pyridine rings is 1. The molecule has 0 fully saturated rings. The van der Waals surface area contributed by atoms with Crippen molar-refractivity contribution in [3.05, 3.63) is 40.4 Å². The van der Waals surface area contributed by atoms with Crippen LogP contribution in [0.1, 0.15) is 22.6 Å². The second-order valence-corrected chi connectivity index (χ2v) is 7.83. The molecule has 0 bridgehead atoms. The van der Waals surface area contributed by atoms with Gasteiger partial charge in [-0.05, 0) is 43.7 Å². The lowest BCUT2D eigenvalue weighted by Gasteiger charge is -2.26. The quantitative estimate of drug-likeness (QED) is 0.700. The van der Waals surface area contributed by atoms with E-state index in [0.717, 1.165) is 40.8 Å². The Morgan fingerprint density at radius 1 is 1.37 bits per heavy atom. The predicted molar refractivity (Wildman–Crippen MR) is 108 cm³/mol. The number of methoxy groups -OCH3 is 1. The number of rotatable bonds is 8. The molecular weight excluding hydrogens is 362 g/mol. The SMILES string of the molecule is CN[C@@H](Cc1ccc(OCCc2ccc3c(n2)N(C)CCC3)s1)C(=O)OC. The number of anilines is 1. The highest BCUT2D eigenvalue weighted by Gasteiger charge is 2.18. The molecule has 0 aromatic carbocycles. The van der Waals surface area contributed by atoms with Crippen molar-refractivity contribution in [2.45, 2.75) is 31.7 Å². The molecule has 0 unspecified atom stereocenters. The van der Waals surface area contributed by atoms with Crippen LogP contribution in [-0.2, 0) is 28.8 Å². The highest BCUT2D eigenvalue weighted by Crippen LogP contribution is 2.26. The van der Waals surface area contributed by atoms with Crippen LogP contribution in [0.25, 0.3) is 0 Å². The molecule has 0 spiro atoms. The van der Waals surface area contributed by atoms with E-state index in [1.165, 1.54) is 19.1 Å². The van der Waals surface area contributed by atoms with Crippen molar-refractivity contribution in [3.8, 4) is 5.06 Å². The summed E-state index contributed by atoms with van der Waals surface area (Å²) in [6.07, 6.45) is 3.67. The molecule has 0 aliphatic carbocycles. The number of fused-ring (bicyclic) bond motifs is 1. The number of nitrogens with zero attached hydrogens (tertiary/aromatic N) is 2. The number of nitrogens with one attached hydrogen (secondary N) is 1. The van der Waals surface area contributed by atoms with E-state index in [9.17, 15) is 4.79 Å². The third kappa shape index (κ3) is 4.99. The summed E-state index contributed by atoms with van der Waals surface area (Å²) < 4.78 is 10.7. The van der Waals surface area contributed by atoms with Gasteiger partial charge in [-0.1, -0.05) is 6.07 Å². The molecule has 3 rings (SSSR count). The zero-order valence-corrected chi connectivity index (χ0v) is 17.0. The Kier molecular flexibility index (Phi) is 6.68. The van der Waals surface area contributed by atoms with Gasteiger partial charge in [-0.3, -0.25) is 4.79 Å². The summed E-state index contributed by atoms with van der Waals surface area (Å²) in [5, 5.41) is 3.84. The monoisotopic (exact) mass is 389 g/mol. The number of hydrogen-bond acceptors (Lipinski definition) is 7. The van der Waals surface area contributed by atoms with E-state index in [4.69, 9.17) is 14.5 Å². The van der Waals surface area contributed by atoms with E-state index in [-0.39, 0.29) is 12.0 Å². The number of ether oxygens (including phenoxy) is 2. The average molecular weight is 390 g/mol. The highest BCUT2D eigenvalue weighted by molar-refractivity contribution is 7.13. The van der Waals surface area contributed by atoms with Gasteiger partial charge < -0.3 is 19.7 Å². The van der Waals surface area contributed by atoms with Crippen LogP contribution >= 0.6 is 11.3 Å². The maximum Gasteiger partial charge on any atom is 0.323 e. The molecule has 27 heavy (non-hydrogen) atoms. The summed E-state index contributed by atoms with van der Waals surface area (Å²) in [6, 6.07) is 7.92. The first-order valence-electron chi connectivity index (χ1n) is 9.27. The molecule has 0 radical (unpaired) electrons. The van der Waals surface area contributed by atoms with E-state index in [1.807, 2.05) is 12.1 Å². The Hall–Kier alpha value is -2.12. The Morgan fingerprint density at radius 3 is 3.00 bits per heavy atom. The van der Waals surface area contributed by atoms with Crippen molar-refractivity contribution >= 4 is 23.1 Å². The fourth-order valence-corrected chi connectivity index (χ4v) is 4.17. The van der Waals surface area contributed by atoms with E-state index in [0.29, 0.717) is 13.0 Å². The summed E-state index contributed by atoms with van der Waals surface area (Å²) in [6.45, 7) is 1.65. The first-order chi connectivity index (χ1) is 13.1. The van der Waals surface area contributed by atoms with Gasteiger partial charge >= 0.3 is 5.97 Å². The van der Waals surface area contributed by atoms with Gasteiger partial charge in [0.2, 0.25) is 0 Å². The summed E-state index contributed by atoms with van der Waals surface area (Å²) in [5.74, 6) is 0.856. The van der Waals surface area contributed by atoms with Crippen molar-refractivity contribution in [3.63, 3.8) is 0 Å². The van der Waals surface area contributed by atoms with Crippen LogP contribution in [0.5, 0.6) is 5.06 Å². The fraction of sp³-hybridized carbons (Fsp3) is 0.500. The van der Waals surface area contributed by atoms with E-state index in [2.05, 4.69) is 29.4 Å². The summed E-state index contributed by atoms with van der Waals surface area (Å²) in [4.78, 5) is 19.8. The number of esters is 1. The molecule has 7 heteroatoms. The Bertz CT molecular complexity index is 778. The van der Waals surface area contributed by atoms with Crippen LogP contribution in [0.2, 0.25) is 0 Å². The third-order valence-electron chi connectivity index (χ3n) is 4.79. The van der Waals surface area contributed by atoms with Crippen LogP contribution in [0.3, 0.4) is 0 Å². The lowest BCUT2D eigenvalue weighted by atomic mass is 10.1. The second kappa shape index (κ2) is 9.19. The first-order valence-corrected chi connectivity index (χ1v) is 10.1. The molecule has 1 N–H and O–H groups in total. The van der Waals surface area contributed by atoms with Crippen molar-refractivity contribution in [1.82, 2.24) is 10.3 Å². The Balaban J connectivity index is 1.52. The molecule has 1 aliphatic rings. The minimum absolute atomic E-state index is 0.253. The first kappa shape index (κ1) is 19.6. The zero-order valence-electron chi connectivity index (χ0n) is 16.2. The molecule has 6 nitrogen and oxygen atoms in total. The van der Waals surface area contributed by atoms with Gasteiger partial charge in [0, 0.05) is 37.0 Å². The molecule has 1 atom stereocenters. The summed E-state index contributed by atoms with van der Waals surface area (Å²) >= 11 is 1.56. The van der Waals surface area contributed by atoms with Gasteiger partial charge in [0.1, 0.15) is 11.9 Å². The van der Waals surface area contributed by atoms with Crippen LogP contribution in [0.15, 0.2) is 24.3 Å². The molecule has 146 valence electrons. The number of carbonyl (C=O) groups is 1. The van der Waals surface area contributed by atoms with Gasteiger partial charge in [0.25, 0.3) is 0 Å². The second-order valence-electron chi connectivity index (χ2n) is 6.70. The number of carbonyl (C=O) groups excluding carboxylic acids is 1. The minimum atomic E-state index is -0.335. The number of aromatic nitrogens is 1. The van der Waals surface area contributed by atoms with Gasteiger partial charge in [-0.15, -0.1) is 11.3 Å². The van der Waals surface area contributed by atoms with E-state index >= 15 is 0 Å². The van der Waals surface area contributed by atoms with Crippen LogP contribution in [0, 0.1) is 0 Å². The Morgan fingerprint density at radius 2 is 2.22 bits per heavy atom. The minimum Gasteiger partial charge on any atom is -0.484 e. The molecule has 3 heterocycles. The highest BCUT2D eigenvalue weighted by atomic mass is 32.1. The largest absolute Gasteiger partial charge is 0.484 e. The van der Waals surface area contributed by atoms with E-state index in [1.54, 1.807) is 18.4 Å². The maximum atomic E-state index is 11.7. The van der Waals surface area contributed by atoms with Crippen molar-refractivity contribution in [1.29, 1.82) is 0 Å². The number of aryl methyl sites for hydroxylation is 1. The predicted octanol–water partition coefficient (Wildman–Crippen LogP) is 2.45. The zero-order chi connectivity index (χ0) is 19.2. The molecule has 2 aromatic rings. The molecule has 1 aliphatic heterocycles. The molecule has 0 saturated heterocycles. The lowest BCUT2D eigenvalue weighted by molar-refractivity contribution is -0.142. The third-order valence-corrected chi connectivity index (χ3v) is 5.81. The molecule has 2 aromatic heterocycles. The average Bonchev–Trinajstić information content (AvgIpc) is 3.13. The van der Waals surface area contributed by atoms with Crippen LogP contribution < -0.4 is 15.0 Å². The number of likely N-dealkylation sites (N-methyl/N-ethyl adjacent to an activating group) is 1. The molecular formula is C20H27N3O3S. The smallest absolute Gasteiger partial charge is 0.323 e. The van der Waals surface area contributed by atoms with Crippen molar-refractivity contribution < 1.29 is 14.3 Å². The standard InChI is InChI=1S/C20H27N3O3S/c1-21-17(20(24)25-3)13-16-8-9-18(27-16)26-12-10-15-7-6-14-5-4-11-23(2)19(14)22-15/h6-9,17,21H,4-5,10-13H2,1-3H3/t17-/m0/s1. The fourth-order valence-electron chi connectivity index (χ4n) is 3.24. The van der Waals surface area contributed by atoms with Gasteiger partial charge in [0.15, 0.2) is 5.06 Å². The van der Waals surface area contributed by atoms with Gasteiger partial charge in [0.05, 0.1) is 13.7 Å². The number of thiophene rings is 1. The van der Waals surface area contributed by atoms with Gasteiger partial charge in [-0.25, -0.2) is 4.98 Å². The topological polar surface area (TPSA) is 63.7 Å². The van der Waals surface area contributed by atoms with Gasteiger partial charge in [-0.2, -0.15) is 0 Å². The normalized spacial score (nSPS) is 14.6. The summed E-state index contributed by atoms with van der Waals surface area (Å²) in [7, 11) is 5.27. The van der Waals surface area contributed by atoms with Crippen molar-refractivity contribution in [2.24, 2.45) is 0 Å². The molecule has 0 amide bonds. The van der Waals surface area contributed by atoms with Crippen LogP contribution in [-0.4, -0.2) is 51.4 Å². The lowest BCUT2D eigenvalue weighted by Crippen LogP contribution is -2.36. The van der Waals surface area contributed by atoms with Crippen molar-refractivity contribution in [2.75, 3.05) is 39.3 Å². The van der Waals surface area contributed by atoms with E-state index < -0.39 is 0 Å². The summed E-state index contributed by atoms with van der Waals surface area (Å²) in [5.41, 5.74) is 2.39. The molecule has 0 saturated carbocycles.